The number of aliphatic hydroxyl groups excluding tert-OH is 1. The number of hydrogen-bond donors (Lipinski definition) is 4. The molecule has 0 fully saturated rings. The molecule has 9 heteroatoms. The molecule has 2 atom stereocenters. The largest absolute Gasteiger partial charge is 0.506 e. The van der Waals surface area contributed by atoms with E-state index in [0.717, 1.165) is 43.6 Å². The van der Waals surface area contributed by atoms with E-state index in [1.807, 2.05) is 30.3 Å². The molecule has 0 aromatic heterocycles. The molecule has 3 aromatic rings. The summed E-state index contributed by atoms with van der Waals surface area (Å²) in [6, 6.07) is 22.9. The summed E-state index contributed by atoms with van der Waals surface area (Å²) in [5, 5.41) is 24.3. The van der Waals surface area contributed by atoms with Crippen molar-refractivity contribution < 1.29 is 23.4 Å². The maximum Gasteiger partial charge on any atom is 0.229 e. The first kappa shape index (κ1) is 30.4. The molecule has 4 N–H and O–H groups in total. The molecule has 0 saturated heterocycles. The van der Waals surface area contributed by atoms with E-state index in [-0.39, 0.29) is 17.5 Å². The summed E-state index contributed by atoms with van der Waals surface area (Å²) in [5.74, 6) is 0.662. The van der Waals surface area contributed by atoms with Crippen LogP contribution < -0.4 is 14.8 Å². The van der Waals surface area contributed by atoms with Crippen molar-refractivity contribution in [3.05, 3.63) is 89.5 Å². The Morgan fingerprint density at radius 3 is 2.26 bits per heavy atom. The van der Waals surface area contributed by atoms with Crippen LogP contribution in [0.15, 0.2) is 72.8 Å². The highest BCUT2D eigenvalue weighted by Crippen LogP contribution is 2.26. The van der Waals surface area contributed by atoms with Crippen LogP contribution in [0.3, 0.4) is 0 Å². The summed E-state index contributed by atoms with van der Waals surface area (Å²) in [6.45, 7) is 8.15. The van der Waals surface area contributed by atoms with E-state index in [2.05, 4.69) is 53.1 Å². The van der Waals surface area contributed by atoms with Gasteiger partial charge in [0.2, 0.25) is 10.0 Å². The van der Waals surface area contributed by atoms with Crippen LogP contribution in [0, 0.1) is 0 Å². The van der Waals surface area contributed by atoms with Crippen molar-refractivity contribution in [1.29, 1.82) is 0 Å². The number of phenolic OH excluding ortho intramolecular Hbond substituents is 1. The zero-order chi connectivity index (χ0) is 28.3. The second-order valence-electron chi connectivity index (χ2n) is 9.68. The number of nitrogens with one attached hydrogen (secondary N) is 2. The highest BCUT2D eigenvalue weighted by Gasteiger charge is 2.16. The van der Waals surface area contributed by atoms with E-state index in [9.17, 15) is 18.6 Å². The molecule has 0 saturated carbocycles. The first-order valence-corrected chi connectivity index (χ1v) is 15.3. The SMILES string of the molecule is CCN(CC)CCOc1ccc(C(Cc2ccccc2)NC[C@@H](O)Cc2ccc(O)c(NS(C)(=O)=O)c2)cc1. The molecular weight excluding hydrogens is 514 g/mol. The molecule has 3 aromatic carbocycles. The monoisotopic (exact) mass is 555 g/mol. The van der Waals surface area contributed by atoms with Crippen LogP contribution in [0.5, 0.6) is 11.5 Å². The van der Waals surface area contributed by atoms with Gasteiger partial charge >= 0.3 is 0 Å². The Hall–Kier alpha value is -3.11. The minimum atomic E-state index is -3.54. The van der Waals surface area contributed by atoms with E-state index in [1.165, 1.54) is 11.6 Å². The van der Waals surface area contributed by atoms with Gasteiger partial charge in [-0.05, 0) is 66.9 Å². The molecule has 212 valence electrons. The Morgan fingerprint density at radius 1 is 0.923 bits per heavy atom. The lowest BCUT2D eigenvalue weighted by Crippen LogP contribution is -2.32. The Morgan fingerprint density at radius 2 is 1.62 bits per heavy atom. The molecule has 0 spiro atoms. The van der Waals surface area contributed by atoms with E-state index < -0.39 is 16.1 Å². The van der Waals surface area contributed by atoms with Gasteiger partial charge in [-0.25, -0.2) is 8.42 Å². The molecule has 0 aliphatic heterocycles. The van der Waals surface area contributed by atoms with Crippen molar-refractivity contribution in [3.63, 3.8) is 0 Å². The lowest BCUT2D eigenvalue weighted by molar-refractivity contribution is 0.167. The van der Waals surface area contributed by atoms with E-state index in [0.29, 0.717) is 25.1 Å². The van der Waals surface area contributed by atoms with E-state index in [4.69, 9.17) is 4.74 Å². The van der Waals surface area contributed by atoms with Gasteiger partial charge in [0.25, 0.3) is 0 Å². The zero-order valence-corrected chi connectivity index (χ0v) is 23.8. The van der Waals surface area contributed by atoms with Gasteiger partial charge in [-0.3, -0.25) is 4.72 Å². The van der Waals surface area contributed by atoms with Crippen LogP contribution in [0.2, 0.25) is 0 Å². The summed E-state index contributed by atoms with van der Waals surface area (Å²) in [6.07, 6.45) is 1.34. The predicted octanol–water partition coefficient (Wildman–Crippen LogP) is 3.96. The number of sulfonamides is 1. The van der Waals surface area contributed by atoms with Crippen LogP contribution in [-0.4, -0.2) is 68.7 Å². The number of aliphatic hydroxyl groups is 1. The standard InChI is InChI=1S/C30H41N3O5S/c1-4-33(5-2)17-18-38-27-14-12-25(13-15-27)28(20-23-9-7-6-8-10-23)31-22-26(34)19-24-11-16-30(35)29(21-24)32-39(3,36)37/h6-16,21,26,28,31-32,34-35H,4-5,17-20,22H2,1-3H3/t26-,28?/m0/s1. The normalized spacial score (nSPS) is 13.3. The minimum absolute atomic E-state index is 0.0333. The van der Waals surface area contributed by atoms with Crippen LogP contribution in [0.1, 0.15) is 36.6 Å². The highest BCUT2D eigenvalue weighted by molar-refractivity contribution is 7.92. The summed E-state index contributed by atoms with van der Waals surface area (Å²) >= 11 is 0. The molecule has 0 heterocycles. The molecule has 0 aliphatic carbocycles. The summed E-state index contributed by atoms with van der Waals surface area (Å²) in [5.41, 5.74) is 3.07. The average molecular weight is 556 g/mol. The molecule has 1 unspecified atom stereocenters. The van der Waals surface area contributed by atoms with Gasteiger partial charge in [-0.15, -0.1) is 0 Å². The fourth-order valence-corrected chi connectivity index (χ4v) is 4.96. The maximum atomic E-state index is 11.6. The fraction of sp³-hybridized carbons (Fsp3) is 0.400. The second kappa shape index (κ2) is 14.9. The smallest absolute Gasteiger partial charge is 0.229 e. The van der Waals surface area contributed by atoms with Gasteiger partial charge in [0.15, 0.2) is 0 Å². The topological polar surface area (TPSA) is 111 Å². The second-order valence-corrected chi connectivity index (χ2v) is 11.4. The number of rotatable bonds is 16. The van der Waals surface area contributed by atoms with Gasteiger partial charge in [-0.1, -0.05) is 62.4 Å². The average Bonchev–Trinajstić information content (AvgIpc) is 2.91. The fourth-order valence-electron chi connectivity index (χ4n) is 4.40. The van der Waals surface area contributed by atoms with Crippen LogP contribution in [0.4, 0.5) is 5.69 Å². The number of anilines is 1. The first-order chi connectivity index (χ1) is 18.7. The Bertz CT molecular complexity index is 1250. The zero-order valence-electron chi connectivity index (χ0n) is 23.0. The minimum Gasteiger partial charge on any atom is -0.506 e. The molecular formula is C30H41N3O5S. The van der Waals surface area contributed by atoms with Gasteiger partial charge in [0, 0.05) is 19.1 Å². The molecule has 0 aliphatic rings. The van der Waals surface area contributed by atoms with E-state index in [1.54, 1.807) is 12.1 Å². The number of aromatic hydroxyl groups is 1. The molecule has 0 bridgehead atoms. The summed E-state index contributed by atoms with van der Waals surface area (Å²) < 4.78 is 31.4. The first-order valence-electron chi connectivity index (χ1n) is 13.4. The Kier molecular flexibility index (Phi) is 11.6. The third-order valence-corrected chi connectivity index (χ3v) is 7.15. The maximum absolute atomic E-state index is 11.6. The van der Waals surface area contributed by atoms with Crippen molar-refractivity contribution in [2.75, 3.05) is 43.8 Å². The molecule has 39 heavy (non-hydrogen) atoms. The van der Waals surface area contributed by atoms with Gasteiger partial charge in [-0.2, -0.15) is 0 Å². The van der Waals surface area contributed by atoms with Gasteiger partial charge in [0.1, 0.15) is 18.1 Å². The number of nitrogens with zero attached hydrogens (tertiary/aromatic N) is 1. The lowest BCUT2D eigenvalue weighted by atomic mass is 9.98. The highest BCUT2D eigenvalue weighted by atomic mass is 32.2. The van der Waals surface area contributed by atoms with E-state index >= 15 is 0 Å². The number of hydrogen-bond acceptors (Lipinski definition) is 7. The van der Waals surface area contributed by atoms with Crippen molar-refractivity contribution in [3.8, 4) is 11.5 Å². The van der Waals surface area contributed by atoms with Gasteiger partial charge < -0.3 is 25.2 Å². The summed E-state index contributed by atoms with van der Waals surface area (Å²) in [4.78, 5) is 2.32. The van der Waals surface area contributed by atoms with Crippen LogP contribution >= 0.6 is 0 Å². The molecule has 0 amide bonds. The molecule has 0 radical (unpaired) electrons. The van der Waals surface area contributed by atoms with Crippen molar-refractivity contribution in [1.82, 2.24) is 10.2 Å². The number of likely N-dealkylation sites (N-methyl/N-ethyl adjacent to an activating group) is 1. The molecule has 3 rings (SSSR count). The van der Waals surface area contributed by atoms with Gasteiger partial charge in [0.05, 0.1) is 18.0 Å². The number of benzene rings is 3. The predicted molar refractivity (Wildman–Crippen MR) is 157 cm³/mol. The summed E-state index contributed by atoms with van der Waals surface area (Å²) in [7, 11) is -3.54. The lowest BCUT2D eigenvalue weighted by Gasteiger charge is -2.22. The van der Waals surface area contributed by atoms with Crippen molar-refractivity contribution >= 4 is 15.7 Å². The Labute approximate surface area is 232 Å². The third-order valence-electron chi connectivity index (χ3n) is 6.56. The van der Waals surface area contributed by atoms with Crippen LogP contribution in [0.25, 0.3) is 0 Å². The number of ether oxygens (including phenoxy) is 1. The third kappa shape index (κ3) is 10.5. The molecule has 8 nitrogen and oxygen atoms in total. The van der Waals surface area contributed by atoms with Crippen molar-refractivity contribution in [2.45, 2.75) is 38.8 Å². The number of phenols is 1. The quantitative estimate of drug-likeness (QED) is 0.198. The van der Waals surface area contributed by atoms with Crippen molar-refractivity contribution in [2.24, 2.45) is 0 Å². The Balaban J connectivity index is 1.65. The van der Waals surface area contributed by atoms with Crippen LogP contribution in [-0.2, 0) is 22.9 Å².